The number of fused-ring (bicyclic) bond motifs is 1. The lowest BCUT2D eigenvalue weighted by atomic mass is 10.1. The number of nitrogens with two attached hydrogens (primary N) is 1. The molecule has 2 aliphatic heterocycles. The van der Waals surface area contributed by atoms with E-state index in [-0.39, 0.29) is 17.6 Å². The van der Waals surface area contributed by atoms with Crippen LogP contribution < -0.4 is 5.73 Å². The Morgan fingerprint density at radius 1 is 1.29 bits per heavy atom. The number of carboxylic acids is 1. The van der Waals surface area contributed by atoms with Crippen molar-refractivity contribution in [2.75, 3.05) is 6.54 Å². The average molecular weight is 290 g/mol. The SMILES string of the molecule is NCC1CCC(C(=O)N2Cc3ccc(C(=O)O)cc3C2)O1. The summed E-state index contributed by atoms with van der Waals surface area (Å²) in [7, 11) is 0. The summed E-state index contributed by atoms with van der Waals surface area (Å²) >= 11 is 0. The van der Waals surface area contributed by atoms with E-state index in [1.54, 1.807) is 23.1 Å². The summed E-state index contributed by atoms with van der Waals surface area (Å²) in [6.45, 7) is 1.40. The van der Waals surface area contributed by atoms with E-state index in [1.165, 1.54) is 0 Å². The molecule has 3 N–H and O–H groups in total. The molecule has 6 heteroatoms. The lowest BCUT2D eigenvalue weighted by molar-refractivity contribution is -0.143. The van der Waals surface area contributed by atoms with Gasteiger partial charge in [-0.2, -0.15) is 0 Å². The zero-order valence-corrected chi connectivity index (χ0v) is 11.6. The Kier molecular flexibility index (Phi) is 3.65. The first-order valence-corrected chi connectivity index (χ1v) is 7.08. The van der Waals surface area contributed by atoms with Crippen LogP contribution in [0.4, 0.5) is 0 Å². The van der Waals surface area contributed by atoms with Crippen LogP contribution in [0, 0.1) is 0 Å². The highest BCUT2D eigenvalue weighted by Gasteiger charge is 2.35. The summed E-state index contributed by atoms with van der Waals surface area (Å²) in [5.74, 6) is -0.980. The number of carboxylic acid groups (broad SMARTS) is 1. The Balaban J connectivity index is 1.70. The molecule has 0 bridgehead atoms. The van der Waals surface area contributed by atoms with E-state index in [1.807, 2.05) is 0 Å². The van der Waals surface area contributed by atoms with Crippen molar-refractivity contribution in [1.82, 2.24) is 4.90 Å². The lowest BCUT2D eigenvalue weighted by Crippen LogP contribution is -2.36. The summed E-state index contributed by atoms with van der Waals surface area (Å²) in [4.78, 5) is 25.1. The van der Waals surface area contributed by atoms with Crippen LogP contribution in [0.3, 0.4) is 0 Å². The fraction of sp³-hybridized carbons (Fsp3) is 0.467. The zero-order chi connectivity index (χ0) is 15.0. The summed E-state index contributed by atoms with van der Waals surface area (Å²) in [6.07, 6.45) is 1.08. The van der Waals surface area contributed by atoms with Crippen molar-refractivity contribution in [1.29, 1.82) is 0 Å². The summed E-state index contributed by atoms with van der Waals surface area (Å²) < 4.78 is 5.64. The number of carbonyl (C=O) groups is 2. The minimum Gasteiger partial charge on any atom is -0.478 e. The third-order valence-electron chi connectivity index (χ3n) is 4.13. The van der Waals surface area contributed by atoms with E-state index in [0.29, 0.717) is 26.1 Å². The topological polar surface area (TPSA) is 92.9 Å². The zero-order valence-electron chi connectivity index (χ0n) is 11.6. The van der Waals surface area contributed by atoms with Gasteiger partial charge in [-0.05, 0) is 36.1 Å². The van der Waals surface area contributed by atoms with Gasteiger partial charge in [-0.25, -0.2) is 4.79 Å². The third kappa shape index (κ3) is 2.64. The largest absolute Gasteiger partial charge is 0.478 e. The molecule has 0 radical (unpaired) electrons. The maximum atomic E-state index is 12.4. The predicted molar refractivity (Wildman–Crippen MR) is 74.6 cm³/mol. The minimum absolute atomic E-state index is 0.0254. The molecule has 6 nitrogen and oxygen atoms in total. The Bertz CT molecular complexity index is 587. The second kappa shape index (κ2) is 5.46. The Labute approximate surface area is 122 Å². The van der Waals surface area contributed by atoms with Crippen LogP contribution in [-0.2, 0) is 22.6 Å². The van der Waals surface area contributed by atoms with E-state index in [2.05, 4.69) is 0 Å². The van der Waals surface area contributed by atoms with Gasteiger partial charge in [0.1, 0.15) is 6.10 Å². The highest BCUT2D eigenvalue weighted by molar-refractivity contribution is 5.88. The van der Waals surface area contributed by atoms with Gasteiger partial charge in [-0.1, -0.05) is 6.07 Å². The van der Waals surface area contributed by atoms with Gasteiger partial charge in [0.15, 0.2) is 0 Å². The Morgan fingerprint density at radius 2 is 2.05 bits per heavy atom. The van der Waals surface area contributed by atoms with Crippen molar-refractivity contribution in [3.05, 3.63) is 34.9 Å². The number of nitrogens with zero attached hydrogens (tertiary/aromatic N) is 1. The molecule has 1 aromatic carbocycles. The first-order chi connectivity index (χ1) is 10.1. The standard InChI is InChI=1S/C15H18N2O4/c16-6-12-3-4-13(21-12)14(18)17-7-10-2-1-9(15(19)20)5-11(10)8-17/h1-2,5,12-13H,3-4,6-8,16H2,(H,19,20). The van der Waals surface area contributed by atoms with Crippen molar-refractivity contribution >= 4 is 11.9 Å². The van der Waals surface area contributed by atoms with Gasteiger partial charge >= 0.3 is 5.97 Å². The maximum Gasteiger partial charge on any atom is 0.335 e. The van der Waals surface area contributed by atoms with Gasteiger partial charge in [0.2, 0.25) is 0 Å². The van der Waals surface area contributed by atoms with Crippen molar-refractivity contribution in [2.45, 2.75) is 38.1 Å². The van der Waals surface area contributed by atoms with Crippen LogP contribution in [0.15, 0.2) is 18.2 Å². The van der Waals surface area contributed by atoms with Crippen molar-refractivity contribution in [3.8, 4) is 0 Å². The van der Waals surface area contributed by atoms with E-state index in [4.69, 9.17) is 15.6 Å². The van der Waals surface area contributed by atoms with Crippen LogP contribution in [-0.4, -0.2) is 40.6 Å². The molecule has 0 aromatic heterocycles. The molecule has 0 saturated carbocycles. The highest BCUT2D eigenvalue weighted by Crippen LogP contribution is 2.28. The van der Waals surface area contributed by atoms with Gasteiger partial charge in [-0.3, -0.25) is 4.79 Å². The van der Waals surface area contributed by atoms with Crippen LogP contribution >= 0.6 is 0 Å². The van der Waals surface area contributed by atoms with E-state index >= 15 is 0 Å². The molecule has 1 amide bonds. The first kappa shape index (κ1) is 14.0. The third-order valence-corrected chi connectivity index (χ3v) is 4.13. The smallest absolute Gasteiger partial charge is 0.335 e. The number of aromatic carboxylic acids is 1. The molecule has 1 fully saturated rings. The number of rotatable bonds is 3. The summed E-state index contributed by atoms with van der Waals surface area (Å²) in [5, 5.41) is 9.01. The number of amides is 1. The number of carbonyl (C=O) groups excluding carboxylic acids is 1. The molecule has 0 spiro atoms. The predicted octanol–water partition coefficient (Wildman–Crippen LogP) is 0.733. The van der Waals surface area contributed by atoms with Gasteiger partial charge in [-0.15, -0.1) is 0 Å². The number of hydrogen-bond acceptors (Lipinski definition) is 4. The van der Waals surface area contributed by atoms with Gasteiger partial charge in [0.25, 0.3) is 5.91 Å². The molecule has 2 unspecified atom stereocenters. The molecule has 1 saturated heterocycles. The monoisotopic (exact) mass is 290 g/mol. The molecule has 2 aliphatic rings. The molecule has 1 aromatic rings. The molecule has 3 rings (SSSR count). The average Bonchev–Trinajstić information content (AvgIpc) is 3.11. The van der Waals surface area contributed by atoms with Crippen LogP contribution in [0.1, 0.15) is 34.3 Å². The highest BCUT2D eigenvalue weighted by atomic mass is 16.5. The molecular weight excluding hydrogens is 272 g/mol. The number of hydrogen-bond donors (Lipinski definition) is 2. The summed E-state index contributed by atoms with van der Waals surface area (Å²) in [5.41, 5.74) is 7.71. The van der Waals surface area contributed by atoms with Gasteiger partial charge in [0.05, 0.1) is 11.7 Å². The van der Waals surface area contributed by atoms with E-state index in [9.17, 15) is 9.59 Å². The number of ether oxygens (including phenoxy) is 1. The minimum atomic E-state index is -0.951. The van der Waals surface area contributed by atoms with Crippen LogP contribution in [0.2, 0.25) is 0 Å². The van der Waals surface area contributed by atoms with E-state index in [0.717, 1.165) is 17.5 Å². The van der Waals surface area contributed by atoms with Crippen LogP contribution in [0.25, 0.3) is 0 Å². The van der Waals surface area contributed by atoms with Gasteiger partial charge < -0.3 is 20.5 Å². The molecule has 21 heavy (non-hydrogen) atoms. The normalized spacial score (nSPS) is 24.1. The van der Waals surface area contributed by atoms with Crippen LogP contribution in [0.5, 0.6) is 0 Å². The maximum absolute atomic E-state index is 12.4. The molecular formula is C15H18N2O4. The van der Waals surface area contributed by atoms with Crippen molar-refractivity contribution in [3.63, 3.8) is 0 Å². The van der Waals surface area contributed by atoms with E-state index < -0.39 is 12.1 Å². The quantitative estimate of drug-likeness (QED) is 0.856. The first-order valence-electron chi connectivity index (χ1n) is 7.08. The number of benzene rings is 1. The molecule has 0 aliphatic carbocycles. The van der Waals surface area contributed by atoms with Crippen molar-refractivity contribution < 1.29 is 19.4 Å². The second-order valence-corrected chi connectivity index (χ2v) is 5.54. The Morgan fingerprint density at radius 3 is 2.71 bits per heavy atom. The molecule has 2 atom stereocenters. The fourth-order valence-electron chi connectivity index (χ4n) is 2.95. The van der Waals surface area contributed by atoms with Gasteiger partial charge in [0, 0.05) is 19.6 Å². The van der Waals surface area contributed by atoms with Crippen molar-refractivity contribution in [2.24, 2.45) is 5.73 Å². The fourth-order valence-corrected chi connectivity index (χ4v) is 2.95. The Hall–Kier alpha value is -1.92. The summed E-state index contributed by atoms with van der Waals surface area (Å²) in [6, 6.07) is 5.00. The lowest BCUT2D eigenvalue weighted by Gasteiger charge is -2.20. The molecule has 2 heterocycles. The molecule has 112 valence electrons. The second-order valence-electron chi connectivity index (χ2n) is 5.54.